The number of rotatable bonds is 2. The van der Waals surface area contributed by atoms with E-state index in [1.165, 1.54) is 6.20 Å². The molecule has 0 saturated carbocycles. The zero-order chi connectivity index (χ0) is 19.1. The van der Waals surface area contributed by atoms with Gasteiger partial charge in [0.25, 0.3) is 0 Å². The minimum atomic E-state index is -0.602. The second-order valence-corrected chi connectivity index (χ2v) is 7.21. The number of alkyl carbamates (subject to hydrolysis) is 1. The summed E-state index contributed by atoms with van der Waals surface area (Å²) in [5.74, 6) is 5.67. The first-order chi connectivity index (χ1) is 11.5. The molecule has 1 heterocycles. The molecule has 0 fully saturated rings. The third-order valence-electron chi connectivity index (χ3n) is 2.40. The Labute approximate surface area is 148 Å². The van der Waals surface area contributed by atoms with Crippen LogP contribution in [0.4, 0.5) is 15.3 Å². The first kappa shape index (κ1) is 20.3. The van der Waals surface area contributed by atoms with Crippen molar-refractivity contribution < 1.29 is 19.1 Å². The van der Waals surface area contributed by atoms with E-state index in [1.807, 2.05) is 0 Å². The number of amides is 2. The molecule has 0 aliphatic heterocycles. The lowest BCUT2D eigenvalue weighted by molar-refractivity contribution is 0.0534. The van der Waals surface area contributed by atoms with E-state index in [0.717, 1.165) is 0 Å². The van der Waals surface area contributed by atoms with Crippen molar-refractivity contribution in [2.75, 3.05) is 11.9 Å². The number of carbonyl (C=O) groups is 2. The van der Waals surface area contributed by atoms with Crippen LogP contribution in [-0.2, 0) is 9.47 Å². The zero-order valence-corrected chi connectivity index (χ0v) is 15.5. The highest BCUT2D eigenvalue weighted by Gasteiger charge is 2.17. The van der Waals surface area contributed by atoms with E-state index in [4.69, 9.17) is 9.47 Å². The minimum Gasteiger partial charge on any atom is -0.444 e. The van der Waals surface area contributed by atoms with Crippen LogP contribution in [0.15, 0.2) is 18.5 Å². The van der Waals surface area contributed by atoms with Gasteiger partial charge >= 0.3 is 12.2 Å². The summed E-state index contributed by atoms with van der Waals surface area (Å²) in [7, 11) is 0. The summed E-state index contributed by atoms with van der Waals surface area (Å²) >= 11 is 0. The Bertz CT molecular complexity index is 676. The normalized spacial score (nSPS) is 11.0. The first-order valence-electron chi connectivity index (χ1n) is 7.86. The molecule has 0 saturated heterocycles. The molecule has 0 unspecified atom stereocenters. The molecule has 7 nitrogen and oxygen atoms in total. The lowest BCUT2D eigenvalue weighted by atomic mass is 10.2. The topological polar surface area (TPSA) is 89.5 Å². The molecule has 0 aromatic carbocycles. The average Bonchev–Trinajstić information content (AvgIpc) is 2.41. The van der Waals surface area contributed by atoms with Crippen molar-refractivity contribution in [2.45, 2.75) is 52.7 Å². The maximum atomic E-state index is 11.8. The Balaban J connectivity index is 2.66. The Morgan fingerprint density at radius 2 is 1.68 bits per heavy atom. The molecule has 25 heavy (non-hydrogen) atoms. The maximum absolute atomic E-state index is 11.8. The third-order valence-corrected chi connectivity index (χ3v) is 2.40. The van der Waals surface area contributed by atoms with Crippen molar-refractivity contribution in [1.29, 1.82) is 0 Å². The van der Waals surface area contributed by atoms with Crippen molar-refractivity contribution in [1.82, 2.24) is 10.3 Å². The molecule has 2 N–H and O–H groups in total. The molecule has 0 bridgehead atoms. The van der Waals surface area contributed by atoms with Crippen LogP contribution in [0, 0.1) is 11.8 Å². The number of hydrogen-bond donors (Lipinski definition) is 2. The predicted molar refractivity (Wildman–Crippen MR) is 95.2 cm³/mol. The number of carbonyl (C=O) groups excluding carboxylic acids is 2. The second kappa shape index (κ2) is 8.38. The van der Waals surface area contributed by atoms with Gasteiger partial charge in [-0.15, -0.1) is 0 Å². The van der Waals surface area contributed by atoms with Gasteiger partial charge in [-0.05, 0) is 47.6 Å². The minimum absolute atomic E-state index is 0.114. The number of ether oxygens (including phenoxy) is 2. The average molecular weight is 347 g/mol. The highest BCUT2D eigenvalue weighted by Crippen LogP contribution is 2.14. The number of aromatic nitrogens is 1. The molecule has 0 atom stereocenters. The van der Waals surface area contributed by atoms with Crippen molar-refractivity contribution in [2.24, 2.45) is 0 Å². The van der Waals surface area contributed by atoms with Gasteiger partial charge in [-0.1, -0.05) is 11.8 Å². The van der Waals surface area contributed by atoms with Gasteiger partial charge in [-0.25, -0.2) is 9.59 Å². The number of anilines is 1. The predicted octanol–water partition coefficient (Wildman–Crippen LogP) is 3.30. The molecule has 1 aromatic heterocycles. The highest BCUT2D eigenvalue weighted by molar-refractivity contribution is 5.86. The van der Waals surface area contributed by atoms with Crippen LogP contribution in [0.2, 0.25) is 0 Å². The Hall–Kier alpha value is -2.75. The van der Waals surface area contributed by atoms with E-state index in [-0.39, 0.29) is 6.54 Å². The van der Waals surface area contributed by atoms with Crippen molar-refractivity contribution in [3.63, 3.8) is 0 Å². The van der Waals surface area contributed by atoms with E-state index in [0.29, 0.717) is 11.3 Å². The summed E-state index contributed by atoms with van der Waals surface area (Å²) < 4.78 is 10.3. The highest BCUT2D eigenvalue weighted by atomic mass is 16.6. The van der Waals surface area contributed by atoms with Gasteiger partial charge in [0.05, 0.1) is 24.0 Å². The molecule has 0 aliphatic carbocycles. The summed E-state index contributed by atoms with van der Waals surface area (Å²) in [6.45, 7) is 10.8. The van der Waals surface area contributed by atoms with E-state index in [1.54, 1.807) is 53.8 Å². The molecule has 2 amide bonds. The SMILES string of the molecule is CC(C)(C)OC(=O)NCC#Cc1ccncc1NC(=O)OC(C)(C)C. The van der Waals surface area contributed by atoms with E-state index >= 15 is 0 Å². The van der Waals surface area contributed by atoms with Crippen molar-refractivity contribution in [3.05, 3.63) is 24.0 Å². The molecule has 1 rings (SSSR count). The molecule has 136 valence electrons. The molecular formula is C18H25N3O4. The van der Waals surface area contributed by atoms with Crippen LogP contribution >= 0.6 is 0 Å². The van der Waals surface area contributed by atoms with Crippen LogP contribution in [0.25, 0.3) is 0 Å². The zero-order valence-electron chi connectivity index (χ0n) is 15.5. The molecule has 0 spiro atoms. The van der Waals surface area contributed by atoms with Gasteiger partial charge in [-0.2, -0.15) is 0 Å². The van der Waals surface area contributed by atoms with E-state index in [9.17, 15) is 9.59 Å². The summed E-state index contributed by atoms with van der Waals surface area (Å²) in [6.07, 6.45) is 1.92. The summed E-state index contributed by atoms with van der Waals surface area (Å²) in [5.41, 5.74) is -0.170. The molecule has 7 heteroatoms. The van der Waals surface area contributed by atoms with Crippen molar-refractivity contribution in [3.8, 4) is 11.8 Å². The number of nitrogens with zero attached hydrogens (tertiary/aromatic N) is 1. The quantitative estimate of drug-likeness (QED) is 0.801. The first-order valence-corrected chi connectivity index (χ1v) is 7.86. The van der Waals surface area contributed by atoms with E-state index < -0.39 is 23.4 Å². The van der Waals surface area contributed by atoms with Crippen LogP contribution < -0.4 is 10.6 Å². The number of nitrogens with one attached hydrogen (secondary N) is 2. The van der Waals surface area contributed by atoms with Gasteiger partial charge in [-0.3, -0.25) is 10.3 Å². The summed E-state index contributed by atoms with van der Waals surface area (Å²) in [4.78, 5) is 27.3. The second-order valence-electron chi connectivity index (χ2n) is 7.21. The Morgan fingerprint density at radius 1 is 1.08 bits per heavy atom. The van der Waals surface area contributed by atoms with Crippen LogP contribution in [0.3, 0.4) is 0 Å². The van der Waals surface area contributed by atoms with Crippen LogP contribution in [0.5, 0.6) is 0 Å². The standard InChI is InChI=1S/C18H25N3O4/c1-17(2,3)24-15(22)20-10-7-8-13-9-11-19-12-14(13)21-16(23)25-18(4,5)6/h9,11-12H,10H2,1-6H3,(H,20,22)(H,21,23). The third kappa shape index (κ3) is 9.20. The monoisotopic (exact) mass is 347 g/mol. The molecular weight excluding hydrogens is 322 g/mol. The van der Waals surface area contributed by atoms with Gasteiger partial charge in [0.1, 0.15) is 11.2 Å². The largest absolute Gasteiger partial charge is 0.444 e. The van der Waals surface area contributed by atoms with E-state index in [2.05, 4.69) is 27.5 Å². The Morgan fingerprint density at radius 3 is 2.28 bits per heavy atom. The fourth-order valence-electron chi connectivity index (χ4n) is 1.59. The maximum Gasteiger partial charge on any atom is 0.412 e. The fraction of sp³-hybridized carbons (Fsp3) is 0.500. The van der Waals surface area contributed by atoms with Gasteiger partial charge < -0.3 is 14.8 Å². The number of hydrogen-bond acceptors (Lipinski definition) is 5. The molecule has 0 radical (unpaired) electrons. The lowest BCUT2D eigenvalue weighted by Crippen LogP contribution is -2.32. The lowest BCUT2D eigenvalue weighted by Gasteiger charge is -2.19. The molecule has 0 aliphatic rings. The van der Waals surface area contributed by atoms with Crippen LogP contribution in [-0.4, -0.2) is 34.9 Å². The van der Waals surface area contributed by atoms with Gasteiger partial charge in [0, 0.05) is 6.20 Å². The van der Waals surface area contributed by atoms with Crippen LogP contribution in [0.1, 0.15) is 47.1 Å². The summed E-state index contributed by atoms with van der Waals surface area (Å²) in [5, 5.41) is 5.15. The summed E-state index contributed by atoms with van der Waals surface area (Å²) in [6, 6.07) is 1.66. The fourth-order valence-corrected chi connectivity index (χ4v) is 1.59. The van der Waals surface area contributed by atoms with Gasteiger partial charge in [0.2, 0.25) is 0 Å². The van der Waals surface area contributed by atoms with Gasteiger partial charge in [0.15, 0.2) is 0 Å². The number of pyridine rings is 1. The van der Waals surface area contributed by atoms with Crippen molar-refractivity contribution >= 4 is 17.9 Å². The smallest absolute Gasteiger partial charge is 0.412 e. The molecule has 1 aromatic rings. The Kier molecular flexibility index (Phi) is 6.80.